The van der Waals surface area contributed by atoms with Gasteiger partial charge in [-0.2, -0.15) is 0 Å². The normalized spacial score (nSPS) is 11.6. The highest BCUT2D eigenvalue weighted by atomic mass is 31.2. The van der Waals surface area contributed by atoms with Crippen LogP contribution < -0.4 is 15.6 Å². The number of nitrogens with one attached hydrogen (secondary N) is 1. The van der Waals surface area contributed by atoms with Crippen molar-refractivity contribution in [3.05, 3.63) is 53.3 Å². The lowest BCUT2D eigenvalue weighted by molar-refractivity contribution is -0.115. The number of carbonyl (C=O) groups excluding carboxylic acids is 1. The summed E-state index contributed by atoms with van der Waals surface area (Å²) in [4.78, 5) is 39.5. The number of nitrogens with zero attached hydrogens (tertiary/aromatic N) is 3. The van der Waals surface area contributed by atoms with Crippen molar-refractivity contribution in [3.63, 3.8) is 0 Å². The van der Waals surface area contributed by atoms with Crippen LogP contribution in [0.25, 0.3) is 21.9 Å². The number of rotatable bonds is 15. The third-order valence-electron chi connectivity index (χ3n) is 6.83. The molecule has 4 rings (SSSR count). The number of imidazole rings is 1. The molecule has 0 unspecified atom stereocenters. The first-order chi connectivity index (χ1) is 20.6. The number of anilines is 1. The van der Waals surface area contributed by atoms with Crippen molar-refractivity contribution in [2.24, 2.45) is 0 Å². The molecule has 2 heterocycles. The Balaban J connectivity index is 1.63. The molecule has 6 N–H and O–H groups in total. The van der Waals surface area contributed by atoms with E-state index in [2.05, 4.69) is 23.3 Å². The van der Waals surface area contributed by atoms with E-state index in [1.165, 1.54) is 18.2 Å². The first-order valence-electron chi connectivity index (χ1n) is 14.1. The summed E-state index contributed by atoms with van der Waals surface area (Å²) in [6.45, 7) is 3.72. The van der Waals surface area contributed by atoms with Gasteiger partial charge in [0, 0.05) is 37.1 Å². The molecule has 0 saturated heterocycles. The van der Waals surface area contributed by atoms with E-state index in [1.54, 1.807) is 0 Å². The van der Waals surface area contributed by atoms with E-state index in [9.17, 15) is 24.3 Å². The number of terminal acetylenes is 1. The highest BCUT2D eigenvalue weighted by molar-refractivity contribution is 7.46. The number of phenols is 1. The van der Waals surface area contributed by atoms with Crippen LogP contribution in [0.4, 0.5) is 5.82 Å². The van der Waals surface area contributed by atoms with Crippen LogP contribution >= 0.6 is 7.82 Å². The molecule has 2 aromatic carbocycles. The minimum absolute atomic E-state index is 0.0418. The molecule has 0 spiro atoms. The van der Waals surface area contributed by atoms with Crippen molar-refractivity contribution >= 4 is 41.5 Å². The van der Waals surface area contributed by atoms with E-state index in [0.717, 1.165) is 48.0 Å². The number of phosphoric acid groups is 1. The van der Waals surface area contributed by atoms with Crippen LogP contribution in [0.2, 0.25) is 0 Å². The lowest BCUT2D eigenvalue weighted by Crippen LogP contribution is -2.23. The fourth-order valence-corrected chi connectivity index (χ4v) is 5.27. The number of hydrogen-bond acceptors (Lipinski definition) is 8. The van der Waals surface area contributed by atoms with E-state index in [4.69, 9.17) is 26.4 Å². The van der Waals surface area contributed by atoms with E-state index in [-0.39, 0.29) is 23.9 Å². The Hall–Kier alpha value is -4.14. The van der Waals surface area contributed by atoms with Gasteiger partial charge >= 0.3 is 7.82 Å². The van der Waals surface area contributed by atoms with Crippen molar-refractivity contribution in [2.45, 2.75) is 52.0 Å². The quantitative estimate of drug-likeness (QED) is 0.0755. The Morgan fingerprint density at radius 2 is 1.91 bits per heavy atom. The molecule has 0 saturated carbocycles. The van der Waals surface area contributed by atoms with E-state index >= 15 is 0 Å². The minimum atomic E-state index is -4.85. The van der Waals surface area contributed by atoms with Gasteiger partial charge < -0.3 is 30.0 Å². The minimum Gasteiger partial charge on any atom is -0.508 e. The molecule has 12 nitrogen and oxygen atoms in total. The Bertz CT molecular complexity index is 1690. The number of ether oxygens (including phenoxy) is 1. The fourth-order valence-electron chi connectivity index (χ4n) is 4.84. The van der Waals surface area contributed by atoms with E-state index < -0.39 is 13.7 Å². The number of pyridine rings is 1. The van der Waals surface area contributed by atoms with Gasteiger partial charge in [0.25, 0.3) is 5.91 Å². The van der Waals surface area contributed by atoms with Gasteiger partial charge in [0.2, 0.25) is 0 Å². The maximum atomic E-state index is 11.7. The monoisotopic (exact) mass is 609 g/mol. The Morgan fingerprint density at radius 1 is 1.12 bits per heavy atom. The summed E-state index contributed by atoms with van der Waals surface area (Å²) < 4.78 is 24.3. The number of nitrogens with two attached hydrogens (primary N) is 1. The number of aromatic nitrogens is 3. The summed E-state index contributed by atoms with van der Waals surface area (Å²) in [6.07, 6.45) is 9.66. The number of unbranched alkanes of at least 4 members (excludes halogenated alkanes) is 1. The van der Waals surface area contributed by atoms with Gasteiger partial charge in [0.15, 0.2) is 5.82 Å². The number of phosphoric ester groups is 1. The molecule has 0 bridgehead atoms. The fraction of sp³-hybridized carbons (Fsp3) is 0.367. The molecule has 0 fully saturated rings. The average Bonchev–Trinajstić information content (AvgIpc) is 3.33. The van der Waals surface area contributed by atoms with Crippen molar-refractivity contribution in [2.75, 3.05) is 25.5 Å². The van der Waals surface area contributed by atoms with E-state index in [1.807, 2.05) is 22.6 Å². The second kappa shape index (κ2) is 14.4. The number of amides is 1. The number of benzene rings is 2. The lowest BCUT2D eigenvalue weighted by Gasteiger charge is -2.16. The smallest absolute Gasteiger partial charge is 0.508 e. The van der Waals surface area contributed by atoms with Crippen molar-refractivity contribution in [3.8, 4) is 23.8 Å². The topological polar surface area (TPSA) is 182 Å². The van der Waals surface area contributed by atoms with Crippen molar-refractivity contribution in [1.29, 1.82) is 0 Å². The number of aryl methyl sites for hydroxylation is 2. The van der Waals surface area contributed by atoms with Crippen LogP contribution in [0, 0.1) is 12.3 Å². The van der Waals surface area contributed by atoms with Crippen LogP contribution in [0.1, 0.15) is 49.6 Å². The first kappa shape index (κ1) is 31.8. The molecule has 0 radical (unpaired) electrons. The zero-order valence-electron chi connectivity index (χ0n) is 24.0. The predicted molar refractivity (Wildman–Crippen MR) is 164 cm³/mol. The van der Waals surface area contributed by atoms with E-state index in [0.29, 0.717) is 49.2 Å². The van der Waals surface area contributed by atoms with Gasteiger partial charge in [-0.05, 0) is 67.5 Å². The molecule has 2 aromatic heterocycles. The molecular formula is C30H36N5O7P. The molecule has 4 aromatic rings. The van der Waals surface area contributed by atoms with Crippen molar-refractivity contribution in [1.82, 2.24) is 19.9 Å². The second-order valence-electron chi connectivity index (χ2n) is 10.1. The number of fused-ring (bicyclic) bond motifs is 3. The molecule has 0 aliphatic carbocycles. The Kier molecular flexibility index (Phi) is 10.6. The third kappa shape index (κ3) is 8.46. The summed E-state index contributed by atoms with van der Waals surface area (Å²) in [5, 5.41) is 13.6. The molecule has 0 aliphatic heterocycles. The number of nitrogen functional groups attached to an aromatic ring is 1. The molecule has 1 amide bonds. The van der Waals surface area contributed by atoms with Crippen LogP contribution in [0.3, 0.4) is 0 Å². The molecule has 228 valence electrons. The molecule has 43 heavy (non-hydrogen) atoms. The summed E-state index contributed by atoms with van der Waals surface area (Å²) in [5.74, 6) is 2.48. The lowest BCUT2D eigenvalue weighted by atomic mass is 10.1. The van der Waals surface area contributed by atoms with Crippen LogP contribution in [0.5, 0.6) is 11.5 Å². The predicted octanol–water partition coefficient (Wildman–Crippen LogP) is 3.82. The standard InChI is InChI=1S/C30H36N5O7P/c1-3-5-9-26-34-28-29(35(26)19-21-18-22(36)11-13-25(21)42-43(38,39)40)23-17-20(10-12-24(23)33-30(28)31)8-6-15-41-16-7-14-32-27(37)4-2/h2,10-13,17-18,36H,3,5-9,14-16,19H2,1H3,(H2,31,33)(H,32,37)(H2,38,39,40). The SMILES string of the molecule is C#CC(=O)NCCCOCCCc1ccc2nc(N)c3nc(CCCC)n(Cc4cc(O)ccc4OP(=O)(O)O)c3c2c1. The Labute approximate surface area is 249 Å². The largest absolute Gasteiger partial charge is 0.524 e. The van der Waals surface area contributed by atoms with Gasteiger partial charge in [-0.25, -0.2) is 14.5 Å². The zero-order chi connectivity index (χ0) is 31.0. The molecular weight excluding hydrogens is 573 g/mol. The van der Waals surface area contributed by atoms with Crippen LogP contribution in [0.15, 0.2) is 36.4 Å². The molecule has 0 aliphatic rings. The Morgan fingerprint density at radius 3 is 2.65 bits per heavy atom. The van der Waals surface area contributed by atoms with Gasteiger partial charge in [-0.3, -0.25) is 14.6 Å². The highest BCUT2D eigenvalue weighted by Crippen LogP contribution is 2.41. The number of hydrogen-bond donors (Lipinski definition) is 5. The average molecular weight is 610 g/mol. The molecule has 0 atom stereocenters. The van der Waals surface area contributed by atoms with Crippen LogP contribution in [-0.2, 0) is 33.5 Å². The maximum absolute atomic E-state index is 11.7. The zero-order valence-corrected chi connectivity index (χ0v) is 24.8. The van der Waals surface area contributed by atoms with Gasteiger partial charge in [-0.1, -0.05) is 19.4 Å². The molecule has 13 heteroatoms. The summed E-state index contributed by atoms with van der Waals surface area (Å²) in [6, 6.07) is 10.0. The third-order valence-corrected chi connectivity index (χ3v) is 7.26. The number of carbonyl (C=O) groups is 1. The first-order valence-corrected chi connectivity index (χ1v) is 15.6. The number of phenolic OH excluding ortho intramolecular Hbond substituents is 1. The van der Waals surface area contributed by atoms with Gasteiger partial charge in [-0.15, -0.1) is 6.42 Å². The summed E-state index contributed by atoms with van der Waals surface area (Å²) >= 11 is 0. The van der Waals surface area contributed by atoms with Gasteiger partial charge in [0.1, 0.15) is 22.8 Å². The van der Waals surface area contributed by atoms with Crippen molar-refractivity contribution < 1.29 is 33.5 Å². The second-order valence-corrected chi connectivity index (χ2v) is 11.3. The van der Waals surface area contributed by atoms with Crippen LogP contribution in [-0.4, -0.2) is 55.1 Å². The maximum Gasteiger partial charge on any atom is 0.524 e. The highest BCUT2D eigenvalue weighted by Gasteiger charge is 2.22. The summed E-state index contributed by atoms with van der Waals surface area (Å²) in [5.41, 5.74) is 9.77. The number of aromatic hydroxyl groups is 1. The summed E-state index contributed by atoms with van der Waals surface area (Å²) in [7, 11) is -4.85. The van der Waals surface area contributed by atoms with Gasteiger partial charge in [0.05, 0.1) is 17.6 Å².